The van der Waals surface area contributed by atoms with Crippen LogP contribution in [0.3, 0.4) is 0 Å². The second-order valence-electron chi connectivity index (χ2n) is 8.59. The van der Waals surface area contributed by atoms with Gasteiger partial charge in [0.1, 0.15) is 23.0 Å². The lowest BCUT2D eigenvalue weighted by Crippen LogP contribution is -2.51. The van der Waals surface area contributed by atoms with Crippen LogP contribution in [0, 0.1) is 0 Å². The van der Waals surface area contributed by atoms with Gasteiger partial charge in [-0.15, -0.1) is 0 Å². The molecule has 10 heteroatoms. The van der Waals surface area contributed by atoms with E-state index in [1.165, 1.54) is 34.5 Å². The first-order valence-corrected chi connectivity index (χ1v) is 13.8. The molecular weight excluding hydrogens is 496 g/mol. The average Bonchev–Trinajstić information content (AvgIpc) is 2.90. The summed E-state index contributed by atoms with van der Waals surface area (Å²) in [6.45, 7) is 9.04. The lowest BCUT2D eigenvalue weighted by Gasteiger charge is -2.34. The number of carbonyl (C=O) groups excluding carboxylic acids is 1. The zero-order valence-corrected chi connectivity index (χ0v) is 23.6. The summed E-state index contributed by atoms with van der Waals surface area (Å²) in [5.41, 5.74) is 1.42. The van der Waals surface area contributed by atoms with E-state index in [1.54, 1.807) is 30.3 Å². The predicted molar refractivity (Wildman–Crippen MR) is 146 cm³/mol. The van der Waals surface area contributed by atoms with Gasteiger partial charge in [-0.05, 0) is 44.5 Å². The number of ether oxygens (including phenoxy) is 4. The molecule has 2 aromatic carbocycles. The van der Waals surface area contributed by atoms with E-state index < -0.39 is 9.84 Å². The number of nitrogens with zero attached hydrogens (tertiary/aromatic N) is 1. The van der Waals surface area contributed by atoms with Crippen LogP contribution in [0.4, 0.5) is 5.69 Å². The van der Waals surface area contributed by atoms with Crippen molar-refractivity contribution in [2.75, 3.05) is 59.9 Å². The largest absolute Gasteiger partial charge is 0.496 e. The van der Waals surface area contributed by atoms with Gasteiger partial charge in [0, 0.05) is 17.5 Å². The molecule has 1 N–H and O–H groups in total. The number of hydrogen-bond acceptors (Lipinski definition) is 7. The summed E-state index contributed by atoms with van der Waals surface area (Å²) in [6, 6.07) is 8.25. The maximum absolute atomic E-state index is 13.0. The van der Waals surface area contributed by atoms with E-state index >= 15 is 0 Å². The van der Waals surface area contributed by atoms with E-state index in [1.807, 2.05) is 0 Å². The Bertz CT molecular complexity index is 1170. The van der Waals surface area contributed by atoms with Gasteiger partial charge in [0.15, 0.2) is 16.4 Å². The Hall–Kier alpha value is -3.24. The first kappa shape index (κ1) is 30.0. The predicted octanol–water partition coefficient (Wildman–Crippen LogP) is 4.12. The molecule has 0 bridgehead atoms. The summed E-state index contributed by atoms with van der Waals surface area (Å²) >= 11 is 0. The molecule has 0 heterocycles. The lowest BCUT2D eigenvalue weighted by atomic mass is 10.1. The highest BCUT2D eigenvalue weighted by molar-refractivity contribution is 7.93. The SMILES string of the molecule is CC[N+](CC)(CC)CC(=O)Nc1cc(CS(=O)(=O)C=Cc2c(OC)cc(OC)cc2OC)ccc1OC. The number of hydrogen-bond donors (Lipinski definition) is 1. The Labute approximate surface area is 220 Å². The molecule has 0 spiro atoms. The molecule has 1 amide bonds. The van der Waals surface area contributed by atoms with Gasteiger partial charge in [-0.1, -0.05) is 6.07 Å². The summed E-state index contributed by atoms with van der Waals surface area (Å²) in [6.07, 6.45) is 1.44. The van der Waals surface area contributed by atoms with Crippen LogP contribution >= 0.6 is 0 Å². The molecule has 0 aromatic heterocycles. The van der Waals surface area contributed by atoms with Crippen molar-refractivity contribution in [1.82, 2.24) is 0 Å². The second-order valence-corrected chi connectivity index (χ2v) is 10.5. The molecule has 2 rings (SSSR count). The quantitative estimate of drug-likeness (QED) is 0.363. The molecule has 9 nitrogen and oxygen atoms in total. The van der Waals surface area contributed by atoms with Crippen molar-refractivity contribution >= 4 is 27.5 Å². The van der Waals surface area contributed by atoms with Crippen LogP contribution in [0.2, 0.25) is 0 Å². The lowest BCUT2D eigenvalue weighted by molar-refractivity contribution is -0.915. The molecule has 204 valence electrons. The molecular formula is C27H39N2O7S+. The normalized spacial score (nSPS) is 11.9. The van der Waals surface area contributed by atoms with E-state index in [2.05, 4.69) is 26.1 Å². The molecule has 2 aromatic rings. The number of rotatable bonds is 14. The third kappa shape index (κ3) is 7.87. The van der Waals surface area contributed by atoms with Gasteiger partial charge in [0.25, 0.3) is 5.91 Å². The van der Waals surface area contributed by atoms with Gasteiger partial charge < -0.3 is 28.7 Å². The van der Waals surface area contributed by atoms with Gasteiger partial charge in [-0.3, -0.25) is 4.79 Å². The van der Waals surface area contributed by atoms with Crippen LogP contribution in [0.5, 0.6) is 23.0 Å². The van der Waals surface area contributed by atoms with Gasteiger partial charge >= 0.3 is 0 Å². The third-order valence-electron chi connectivity index (χ3n) is 6.59. The molecule has 0 radical (unpaired) electrons. The smallest absolute Gasteiger partial charge is 0.279 e. The fraction of sp³-hybridized carbons (Fsp3) is 0.444. The average molecular weight is 536 g/mol. The van der Waals surface area contributed by atoms with Gasteiger partial charge in [0.05, 0.1) is 65.1 Å². The Kier molecular flexibility index (Phi) is 10.8. The molecule has 0 atom stereocenters. The third-order valence-corrected chi connectivity index (χ3v) is 7.88. The van der Waals surface area contributed by atoms with E-state index in [4.69, 9.17) is 18.9 Å². The molecule has 0 saturated carbocycles. The molecule has 0 aliphatic carbocycles. The van der Waals surface area contributed by atoms with Gasteiger partial charge in [-0.2, -0.15) is 0 Å². The zero-order chi connectivity index (χ0) is 27.6. The molecule has 37 heavy (non-hydrogen) atoms. The van der Waals surface area contributed by atoms with E-state index in [9.17, 15) is 13.2 Å². The number of quaternary nitrogens is 1. The van der Waals surface area contributed by atoms with E-state index in [-0.39, 0.29) is 11.7 Å². The summed E-state index contributed by atoms with van der Waals surface area (Å²) in [7, 11) is 2.31. The minimum atomic E-state index is -3.68. The van der Waals surface area contributed by atoms with E-state index in [0.29, 0.717) is 50.8 Å². The maximum atomic E-state index is 13.0. The monoisotopic (exact) mass is 535 g/mol. The molecule has 0 unspecified atom stereocenters. The van der Waals surface area contributed by atoms with Crippen molar-refractivity contribution in [2.24, 2.45) is 0 Å². The highest BCUT2D eigenvalue weighted by atomic mass is 32.2. The van der Waals surface area contributed by atoms with Crippen LogP contribution in [-0.4, -0.2) is 73.4 Å². The fourth-order valence-corrected chi connectivity index (χ4v) is 5.18. The number of carbonyl (C=O) groups is 1. The maximum Gasteiger partial charge on any atom is 0.279 e. The number of amides is 1. The Morgan fingerprint density at radius 2 is 1.43 bits per heavy atom. The van der Waals surface area contributed by atoms with Crippen LogP contribution in [0.15, 0.2) is 35.7 Å². The zero-order valence-electron chi connectivity index (χ0n) is 22.8. The summed E-state index contributed by atoms with van der Waals surface area (Å²) < 4.78 is 48.0. The van der Waals surface area contributed by atoms with Crippen LogP contribution in [0.1, 0.15) is 31.9 Å². The fourth-order valence-electron chi connectivity index (χ4n) is 4.09. The van der Waals surface area contributed by atoms with Crippen molar-refractivity contribution in [3.63, 3.8) is 0 Å². The Morgan fingerprint density at radius 3 is 1.92 bits per heavy atom. The first-order valence-electron chi connectivity index (χ1n) is 12.1. The van der Waals surface area contributed by atoms with Crippen molar-refractivity contribution < 1.29 is 36.6 Å². The van der Waals surface area contributed by atoms with E-state index in [0.717, 1.165) is 25.0 Å². The first-order chi connectivity index (χ1) is 17.6. The Balaban J connectivity index is 2.29. The number of methoxy groups -OCH3 is 4. The summed E-state index contributed by atoms with van der Waals surface area (Å²) in [5, 5.41) is 4.03. The standard InChI is InChI=1S/C27H38N2O7S/c1-8-29(9-2,10-3)18-27(30)28-23-15-20(11-12-24(23)34-5)19-37(31,32)14-13-22-25(35-6)16-21(33-4)17-26(22)36-7/h11-17H,8-10,18-19H2,1-7H3/p+1. The highest BCUT2D eigenvalue weighted by Gasteiger charge is 2.25. The van der Waals surface area contributed by atoms with Crippen molar-refractivity contribution in [3.05, 3.63) is 46.9 Å². The van der Waals surface area contributed by atoms with Crippen LogP contribution < -0.4 is 24.3 Å². The molecule has 0 saturated heterocycles. The minimum Gasteiger partial charge on any atom is -0.496 e. The number of nitrogens with one attached hydrogen (secondary N) is 1. The van der Waals surface area contributed by atoms with Crippen molar-refractivity contribution in [3.8, 4) is 23.0 Å². The van der Waals surface area contributed by atoms with Gasteiger partial charge in [-0.25, -0.2) is 8.42 Å². The van der Waals surface area contributed by atoms with Gasteiger partial charge in [0.2, 0.25) is 0 Å². The van der Waals surface area contributed by atoms with Crippen molar-refractivity contribution in [1.29, 1.82) is 0 Å². The number of likely N-dealkylation sites (N-methyl/N-ethyl adjacent to an activating group) is 1. The number of sulfone groups is 1. The topological polar surface area (TPSA) is 100 Å². The summed E-state index contributed by atoms with van der Waals surface area (Å²) in [5.74, 6) is 1.39. The number of benzene rings is 2. The number of anilines is 1. The van der Waals surface area contributed by atoms with Crippen LogP contribution in [0.25, 0.3) is 6.08 Å². The summed E-state index contributed by atoms with van der Waals surface area (Å²) in [4.78, 5) is 12.9. The Morgan fingerprint density at radius 1 is 0.865 bits per heavy atom. The molecule has 0 aliphatic rings. The highest BCUT2D eigenvalue weighted by Crippen LogP contribution is 2.35. The van der Waals surface area contributed by atoms with Crippen molar-refractivity contribution in [2.45, 2.75) is 26.5 Å². The van der Waals surface area contributed by atoms with Crippen LogP contribution in [-0.2, 0) is 20.4 Å². The molecule has 0 aliphatic heterocycles. The molecule has 0 fully saturated rings. The second kappa shape index (κ2) is 13.3. The minimum absolute atomic E-state index is 0.151.